The molecule has 1 aromatic heterocycles. The van der Waals surface area contributed by atoms with Crippen LogP contribution in [0.25, 0.3) is 16.6 Å². The highest BCUT2D eigenvalue weighted by Crippen LogP contribution is 2.32. The molecule has 0 radical (unpaired) electrons. The predicted molar refractivity (Wildman–Crippen MR) is 148 cm³/mol. The van der Waals surface area contributed by atoms with Gasteiger partial charge in [0.05, 0.1) is 23.1 Å². The molecule has 6 rings (SSSR count). The first-order valence-electron chi connectivity index (χ1n) is 12.2. The highest BCUT2D eigenvalue weighted by molar-refractivity contribution is 6.31. The van der Waals surface area contributed by atoms with Gasteiger partial charge in [0.1, 0.15) is 0 Å². The Kier molecular flexibility index (Phi) is 6.38. The molecule has 0 spiro atoms. The first-order valence-corrected chi connectivity index (χ1v) is 12.6. The average molecular weight is 540 g/mol. The fraction of sp³-hybridized carbons (Fsp3) is 0.100. The third-order valence-electron chi connectivity index (χ3n) is 6.60. The van der Waals surface area contributed by atoms with Crippen molar-refractivity contribution in [2.75, 3.05) is 6.79 Å². The zero-order valence-electron chi connectivity index (χ0n) is 20.6. The van der Waals surface area contributed by atoms with Crippen molar-refractivity contribution < 1.29 is 14.3 Å². The zero-order chi connectivity index (χ0) is 26.9. The van der Waals surface area contributed by atoms with Crippen LogP contribution < -0.4 is 26.0 Å². The minimum absolute atomic E-state index is 0.115. The van der Waals surface area contributed by atoms with Crippen LogP contribution >= 0.6 is 11.6 Å². The maximum absolute atomic E-state index is 13.8. The smallest absolute Gasteiger partial charge is 0.336 e. The molecule has 39 heavy (non-hydrogen) atoms. The van der Waals surface area contributed by atoms with Gasteiger partial charge < -0.3 is 14.8 Å². The van der Waals surface area contributed by atoms with Gasteiger partial charge in [0.15, 0.2) is 11.5 Å². The average Bonchev–Trinajstić information content (AvgIpc) is 3.43. The molecule has 1 aliphatic rings. The SMILES string of the molecule is O=C(NCc1ccc2c(c1)OCO2)c1ccc2c(=O)n(-c3ccccc3)c(=O)n(Cc3ccccc3Cl)c2c1. The van der Waals surface area contributed by atoms with Gasteiger partial charge in [-0.15, -0.1) is 0 Å². The Balaban J connectivity index is 1.41. The molecule has 0 unspecified atom stereocenters. The molecule has 0 fully saturated rings. The number of benzene rings is 4. The lowest BCUT2D eigenvalue weighted by Crippen LogP contribution is -2.39. The molecule has 0 saturated heterocycles. The van der Waals surface area contributed by atoms with E-state index in [4.69, 9.17) is 21.1 Å². The highest BCUT2D eigenvalue weighted by Gasteiger charge is 2.18. The standard InChI is InChI=1S/C30H22ClN3O5/c31-24-9-5-4-6-21(24)17-33-25-15-20(28(35)32-16-19-10-13-26-27(14-19)39-18-38-26)11-12-23(25)29(36)34(30(33)37)22-7-2-1-3-8-22/h1-15H,16-18H2,(H,32,35). The van der Waals surface area contributed by atoms with Crippen molar-refractivity contribution >= 4 is 28.4 Å². The number of amides is 1. The fourth-order valence-electron chi connectivity index (χ4n) is 4.60. The molecule has 9 heteroatoms. The third kappa shape index (κ3) is 4.66. The predicted octanol–water partition coefficient (Wildman–Crippen LogP) is 4.51. The Hall–Kier alpha value is -4.82. The number of hydrogen-bond donors (Lipinski definition) is 1. The Labute approximate surface area is 227 Å². The van der Waals surface area contributed by atoms with Crippen molar-refractivity contribution in [1.82, 2.24) is 14.5 Å². The highest BCUT2D eigenvalue weighted by atomic mass is 35.5. The van der Waals surface area contributed by atoms with Crippen molar-refractivity contribution in [3.05, 3.63) is 134 Å². The van der Waals surface area contributed by atoms with E-state index in [1.807, 2.05) is 30.3 Å². The van der Waals surface area contributed by atoms with E-state index >= 15 is 0 Å². The van der Waals surface area contributed by atoms with E-state index in [1.54, 1.807) is 60.7 Å². The van der Waals surface area contributed by atoms with Gasteiger partial charge in [-0.25, -0.2) is 9.36 Å². The molecule has 4 aromatic carbocycles. The summed E-state index contributed by atoms with van der Waals surface area (Å²) >= 11 is 6.42. The van der Waals surface area contributed by atoms with Crippen molar-refractivity contribution in [3.8, 4) is 17.2 Å². The largest absolute Gasteiger partial charge is 0.454 e. The molecule has 8 nitrogen and oxygen atoms in total. The minimum Gasteiger partial charge on any atom is -0.454 e. The summed E-state index contributed by atoms with van der Waals surface area (Å²) in [6.07, 6.45) is 0. The van der Waals surface area contributed by atoms with E-state index in [9.17, 15) is 14.4 Å². The molecule has 1 amide bonds. The molecule has 2 heterocycles. The maximum Gasteiger partial charge on any atom is 0.336 e. The molecule has 0 atom stereocenters. The normalized spacial score (nSPS) is 12.0. The number of ether oxygens (including phenoxy) is 2. The first kappa shape index (κ1) is 24.5. The summed E-state index contributed by atoms with van der Waals surface area (Å²) in [7, 11) is 0. The first-order chi connectivity index (χ1) is 19.0. The van der Waals surface area contributed by atoms with E-state index in [0.29, 0.717) is 44.2 Å². The summed E-state index contributed by atoms with van der Waals surface area (Å²) < 4.78 is 13.3. The second kappa shape index (κ2) is 10.2. The number of fused-ring (bicyclic) bond motifs is 2. The Morgan fingerprint density at radius 1 is 0.872 bits per heavy atom. The Morgan fingerprint density at radius 2 is 1.64 bits per heavy atom. The van der Waals surface area contributed by atoms with Gasteiger partial charge in [-0.05, 0) is 59.7 Å². The van der Waals surface area contributed by atoms with Crippen molar-refractivity contribution in [1.29, 1.82) is 0 Å². The molecule has 0 saturated carbocycles. The molecule has 0 aliphatic carbocycles. The van der Waals surface area contributed by atoms with Crippen molar-refractivity contribution in [2.45, 2.75) is 13.1 Å². The van der Waals surface area contributed by atoms with Crippen LogP contribution in [0.5, 0.6) is 11.5 Å². The molecule has 194 valence electrons. The molecular weight excluding hydrogens is 518 g/mol. The Morgan fingerprint density at radius 3 is 2.46 bits per heavy atom. The molecule has 5 aromatic rings. The van der Waals surface area contributed by atoms with Gasteiger partial charge in [0.25, 0.3) is 11.5 Å². The lowest BCUT2D eigenvalue weighted by molar-refractivity contribution is 0.0951. The van der Waals surface area contributed by atoms with Crippen LogP contribution in [0.4, 0.5) is 0 Å². The molecule has 1 aliphatic heterocycles. The summed E-state index contributed by atoms with van der Waals surface area (Å²) in [5, 5.41) is 3.69. The number of halogens is 1. The summed E-state index contributed by atoms with van der Waals surface area (Å²) in [5.41, 5.74) is 1.65. The van der Waals surface area contributed by atoms with Gasteiger partial charge in [0.2, 0.25) is 6.79 Å². The number of nitrogens with zero attached hydrogens (tertiary/aromatic N) is 2. The molecule has 1 N–H and O–H groups in total. The van der Waals surface area contributed by atoms with Gasteiger partial charge in [-0.2, -0.15) is 0 Å². The van der Waals surface area contributed by atoms with Crippen LogP contribution in [0.2, 0.25) is 5.02 Å². The van der Waals surface area contributed by atoms with Crippen LogP contribution in [0, 0.1) is 0 Å². The van der Waals surface area contributed by atoms with E-state index in [0.717, 1.165) is 10.1 Å². The summed E-state index contributed by atoms with van der Waals surface area (Å²) in [4.78, 5) is 40.4. The number of para-hydroxylation sites is 1. The van der Waals surface area contributed by atoms with Crippen molar-refractivity contribution in [3.63, 3.8) is 0 Å². The topological polar surface area (TPSA) is 91.6 Å². The van der Waals surface area contributed by atoms with E-state index in [2.05, 4.69) is 5.32 Å². The number of rotatable bonds is 6. The zero-order valence-corrected chi connectivity index (χ0v) is 21.4. The monoisotopic (exact) mass is 539 g/mol. The summed E-state index contributed by atoms with van der Waals surface area (Å²) in [5.74, 6) is 0.946. The van der Waals surface area contributed by atoms with Crippen LogP contribution in [0.15, 0.2) is 101 Å². The van der Waals surface area contributed by atoms with E-state index in [-0.39, 0.29) is 25.8 Å². The van der Waals surface area contributed by atoms with Gasteiger partial charge in [-0.3, -0.25) is 14.2 Å². The lowest BCUT2D eigenvalue weighted by Gasteiger charge is -2.16. The van der Waals surface area contributed by atoms with E-state index < -0.39 is 11.2 Å². The van der Waals surface area contributed by atoms with Gasteiger partial charge in [0, 0.05) is 17.1 Å². The van der Waals surface area contributed by atoms with Crippen LogP contribution in [0.1, 0.15) is 21.5 Å². The number of carbonyl (C=O) groups is 1. The van der Waals surface area contributed by atoms with Crippen LogP contribution in [-0.2, 0) is 13.1 Å². The number of nitrogens with one attached hydrogen (secondary N) is 1. The second-order valence-corrected chi connectivity index (χ2v) is 9.45. The summed E-state index contributed by atoms with van der Waals surface area (Å²) in [6, 6.07) is 26.1. The number of carbonyl (C=O) groups excluding carboxylic acids is 1. The third-order valence-corrected chi connectivity index (χ3v) is 6.97. The van der Waals surface area contributed by atoms with Crippen molar-refractivity contribution in [2.24, 2.45) is 0 Å². The van der Waals surface area contributed by atoms with Gasteiger partial charge >= 0.3 is 5.69 Å². The molecular formula is C30H22ClN3O5. The molecule has 0 bridgehead atoms. The number of aromatic nitrogens is 2. The van der Waals surface area contributed by atoms with E-state index in [1.165, 1.54) is 4.57 Å². The van der Waals surface area contributed by atoms with Crippen LogP contribution in [-0.4, -0.2) is 21.8 Å². The van der Waals surface area contributed by atoms with Gasteiger partial charge in [-0.1, -0.05) is 54.1 Å². The Bertz CT molecular complexity index is 1850. The lowest BCUT2D eigenvalue weighted by atomic mass is 10.1. The van der Waals surface area contributed by atoms with Crippen LogP contribution in [0.3, 0.4) is 0 Å². The maximum atomic E-state index is 13.8. The minimum atomic E-state index is -0.531. The fourth-order valence-corrected chi connectivity index (χ4v) is 4.79. The second-order valence-electron chi connectivity index (χ2n) is 9.04. The quantitative estimate of drug-likeness (QED) is 0.343. The summed E-state index contributed by atoms with van der Waals surface area (Å²) in [6.45, 7) is 0.546. The number of hydrogen-bond acceptors (Lipinski definition) is 5.